The van der Waals surface area contributed by atoms with Gasteiger partial charge >= 0.3 is 6.09 Å². The molecule has 4 rings (SSSR count). The summed E-state index contributed by atoms with van der Waals surface area (Å²) in [5, 5.41) is 19.6. The lowest BCUT2D eigenvalue weighted by Crippen LogP contribution is -2.25. The summed E-state index contributed by atoms with van der Waals surface area (Å²) in [5.41, 5.74) is 0.718. The molecule has 0 spiro atoms. The maximum absolute atomic E-state index is 10.8. The number of aromatic nitrogens is 4. The standard InChI is InChI=1S/2C8H10N2O.C8H11NO2.C7H4IN/c1-3-4-5-6-8-10-9-7(2)11-8;1-3-4-5-6-8-9-7(2)10-11-8;1-2-3-4-5-9-6-7-11-8(9)10;8-7-3-1-6(5-9)2-4-7/h2*1H,4-6H2,2H3;1H,3-7H2;1-4H. The van der Waals surface area contributed by atoms with Gasteiger partial charge in [-0.3, -0.25) is 0 Å². The van der Waals surface area contributed by atoms with Crippen molar-refractivity contribution in [3.63, 3.8) is 0 Å². The number of ether oxygens (including phenoxy) is 1. The Morgan fingerprint density at radius 3 is 2.05 bits per heavy atom. The van der Waals surface area contributed by atoms with Crippen LogP contribution in [-0.2, 0) is 17.6 Å². The summed E-state index contributed by atoms with van der Waals surface area (Å²) in [6.07, 6.45) is 21.5. The first-order valence-electron chi connectivity index (χ1n) is 13.3. The topological polar surface area (TPSA) is 131 Å². The van der Waals surface area contributed by atoms with Gasteiger partial charge in [0.1, 0.15) is 6.61 Å². The molecule has 1 amide bonds. The molecule has 1 aromatic carbocycles. The largest absolute Gasteiger partial charge is 0.448 e. The van der Waals surface area contributed by atoms with Crippen LogP contribution in [0, 0.1) is 65.8 Å². The zero-order valence-corrected chi connectivity index (χ0v) is 26.2. The SMILES string of the molecule is C#CCCCN1CCOC1=O.C#CCCCc1nc(C)no1.C#CCCCc1nnc(C)o1.N#Cc1ccc(I)cc1. The summed E-state index contributed by atoms with van der Waals surface area (Å²) in [6.45, 7) is 5.53. The molecule has 10 nitrogen and oxygen atoms in total. The van der Waals surface area contributed by atoms with E-state index in [2.05, 4.69) is 66.8 Å². The first-order valence-corrected chi connectivity index (χ1v) is 14.4. The van der Waals surface area contributed by atoms with Gasteiger partial charge in [-0.2, -0.15) is 10.2 Å². The zero-order chi connectivity index (χ0) is 31.0. The summed E-state index contributed by atoms with van der Waals surface area (Å²) in [5.74, 6) is 10.3. The van der Waals surface area contributed by atoms with E-state index in [4.69, 9.17) is 38.2 Å². The molecule has 1 fully saturated rings. The molecule has 0 aliphatic carbocycles. The molecule has 1 saturated heterocycles. The minimum atomic E-state index is -0.206. The molecule has 2 aromatic heterocycles. The predicted octanol–water partition coefficient (Wildman–Crippen LogP) is 5.68. The molecule has 0 saturated carbocycles. The van der Waals surface area contributed by atoms with Crippen LogP contribution in [0.25, 0.3) is 0 Å². The fourth-order valence-corrected chi connectivity index (χ4v) is 3.45. The van der Waals surface area contributed by atoms with Crippen LogP contribution >= 0.6 is 22.6 Å². The van der Waals surface area contributed by atoms with E-state index in [0.29, 0.717) is 36.6 Å². The summed E-state index contributed by atoms with van der Waals surface area (Å²) >= 11 is 2.20. The van der Waals surface area contributed by atoms with Crippen LogP contribution < -0.4 is 0 Å². The van der Waals surface area contributed by atoms with Gasteiger partial charge in [0.2, 0.25) is 17.7 Å². The van der Waals surface area contributed by atoms with Gasteiger partial charge in [0.25, 0.3) is 0 Å². The molecule has 0 atom stereocenters. The summed E-state index contributed by atoms with van der Waals surface area (Å²) < 4.78 is 15.9. The lowest BCUT2D eigenvalue weighted by atomic mass is 10.2. The Morgan fingerprint density at radius 1 is 0.952 bits per heavy atom. The van der Waals surface area contributed by atoms with Crippen LogP contribution in [0.1, 0.15) is 67.6 Å². The van der Waals surface area contributed by atoms with E-state index in [1.54, 1.807) is 18.7 Å². The average Bonchev–Trinajstić information content (AvgIpc) is 3.72. The Kier molecular flexibility index (Phi) is 19.0. The van der Waals surface area contributed by atoms with Crippen molar-refractivity contribution in [3.8, 4) is 43.1 Å². The van der Waals surface area contributed by atoms with Gasteiger partial charge in [0.05, 0.1) is 18.2 Å². The zero-order valence-electron chi connectivity index (χ0n) is 24.0. The number of nitriles is 1. The summed E-state index contributed by atoms with van der Waals surface area (Å²) in [6, 6.07) is 9.50. The van der Waals surface area contributed by atoms with Crippen LogP contribution in [0.3, 0.4) is 0 Å². The third kappa shape index (κ3) is 16.7. The average molecular weight is 683 g/mol. The number of aryl methyl sites for hydroxylation is 4. The molecule has 3 heterocycles. The fraction of sp³-hybridized carbons (Fsp3) is 0.419. The van der Waals surface area contributed by atoms with E-state index in [0.717, 1.165) is 67.0 Å². The van der Waals surface area contributed by atoms with Gasteiger partial charge in [-0.15, -0.1) is 47.2 Å². The molecule has 0 radical (unpaired) electrons. The second-order valence-corrected chi connectivity index (χ2v) is 9.84. The van der Waals surface area contributed by atoms with Crippen molar-refractivity contribution in [2.45, 2.75) is 65.2 Å². The molecule has 0 unspecified atom stereocenters. The van der Waals surface area contributed by atoms with Crippen molar-refractivity contribution < 1.29 is 18.5 Å². The lowest BCUT2D eigenvalue weighted by Gasteiger charge is -2.09. The third-order valence-electron chi connectivity index (χ3n) is 5.13. The number of hydrogen-bond acceptors (Lipinski definition) is 9. The molecule has 1 aliphatic rings. The van der Waals surface area contributed by atoms with Crippen molar-refractivity contribution in [1.29, 1.82) is 5.26 Å². The highest BCUT2D eigenvalue weighted by atomic mass is 127. The number of terminal acetylenes is 3. The molecule has 1 aliphatic heterocycles. The van der Waals surface area contributed by atoms with Gasteiger partial charge in [-0.25, -0.2) is 4.79 Å². The fourth-order valence-electron chi connectivity index (χ4n) is 3.09. The van der Waals surface area contributed by atoms with E-state index < -0.39 is 0 Å². The molecule has 3 aromatic rings. The van der Waals surface area contributed by atoms with Crippen LogP contribution in [0.4, 0.5) is 4.79 Å². The van der Waals surface area contributed by atoms with Crippen LogP contribution in [-0.4, -0.2) is 51.0 Å². The quantitative estimate of drug-likeness (QED) is 0.159. The predicted molar refractivity (Wildman–Crippen MR) is 166 cm³/mol. The normalized spacial score (nSPS) is 11.0. The molecule has 0 bridgehead atoms. The monoisotopic (exact) mass is 682 g/mol. The van der Waals surface area contributed by atoms with Crippen molar-refractivity contribution in [2.75, 3.05) is 19.7 Å². The highest BCUT2D eigenvalue weighted by Gasteiger charge is 2.20. The summed E-state index contributed by atoms with van der Waals surface area (Å²) in [4.78, 5) is 16.5. The number of nitrogens with zero attached hydrogens (tertiary/aromatic N) is 6. The molecular weight excluding hydrogens is 647 g/mol. The number of carbonyl (C=O) groups excluding carboxylic acids is 1. The van der Waals surface area contributed by atoms with Crippen molar-refractivity contribution >= 4 is 28.7 Å². The van der Waals surface area contributed by atoms with E-state index in [1.165, 1.54) is 0 Å². The number of rotatable bonds is 9. The second-order valence-electron chi connectivity index (χ2n) is 8.59. The Balaban J connectivity index is 0.000000281. The minimum Gasteiger partial charge on any atom is -0.448 e. The number of carbonyl (C=O) groups is 1. The Bertz CT molecular complexity index is 1300. The van der Waals surface area contributed by atoms with Crippen molar-refractivity contribution in [2.24, 2.45) is 0 Å². The first-order chi connectivity index (χ1) is 20.3. The number of cyclic esters (lactones) is 1. The van der Waals surface area contributed by atoms with Gasteiger partial charge < -0.3 is 18.6 Å². The highest BCUT2D eigenvalue weighted by molar-refractivity contribution is 14.1. The lowest BCUT2D eigenvalue weighted by molar-refractivity contribution is 0.158. The van der Waals surface area contributed by atoms with E-state index >= 15 is 0 Å². The highest BCUT2D eigenvalue weighted by Crippen LogP contribution is 2.06. The second kappa shape index (κ2) is 22.4. The van der Waals surface area contributed by atoms with Gasteiger partial charge in [-0.1, -0.05) is 5.16 Å². The maximum atomic E-state index is 10.8. The van der Waals surface area contributed by atoms with Crippen molar-refractivity contribution in [1.82, 2.24) is 25.2 Å². The third-order valence-corrected chi connectivity index (χ3v) is 5.85. The van der Waals surface area contributed by atoms with Gasteiger partial charge in [0.15, 0.2) is 5.82 Å². The van der Waals surface area contributed by atoms with Crippen LogP contribution in [0.5, 0.6) is 0 Å². The molecule has 220 valence electrons. The van der Waals surface area contributed by atoms with Gasteiger partial charge in [-0.05, 0) is 73.0 Å². The van der Waals surface area contributed by atoms with E-state index in [9.17, 15) is 4.79 Å². The molecular formula is C31H35IN6O4. The smallest absolute Gasteiger partial charge is 0.409 e. The number of halogens is 1. The number of hydrogen-bond donors (Lipinski definition) is 0. The Labute approximate surface area is 261 Å². The van der Waals surface area contributed by atoms with E-state index in [1.807, 2.05) is 24.3 Å². The Hall–Kier alpha value is -4.33. The molecule has 0 N–H and O–H groups in total. The van der Waals surface area contributed by atoms with Crippen molar-refractivity contribution in [3.05, 3.63) is 56.9 Å². The molecule has 42 heavy (non-hydrogen) atoms. The van der Waals surface area contributed by atoms with E-state index in [-0.39, 0.29) is 6.09 Å². The van der Waals surface area contributed by atoms with Crippen LogP contribution in [0.15, 0.2) is 33.2 Å². The maximum Gasteiger partial charge on any atom is 0.409 e. The Morgan fingerprint density at radius 2 is 1.57 bits per heavy atom. The number of benzene rings is 1. The van der Waals surface area contributed by atoms with Gasteiger partial charge in [0, 0.05) is 49.1 Å². The minimum absolute atomic E-state index is 0.206. The molecule has 11 heteroatoms. The number of amides is 1. The van der Waals surface area contributed by atoms with Crippen LogP contribution in [0.2, 0.25) is 0 Å². The first kappa shape index (κ1) is 35.7. The summed E-state index contributed by atoms with van der Waals surface area (Å²) in [7, 11) is 0. The number of unbranched alkanes of at least 4 members (excludes halogenated alkanes) is 3.